The molecular formula is C17H15N3O3S. The molecule has 3 aromatic rings. The molecule has 0 bridgehead atoms. The van der Waals surface area contributed by atoms with Crippen molar-refractivity contribution in [3.8, 4) is 11.5 Å². The van der Waals surface area contributed by atoms with E-state index in [4.69, 9.17) is 9.47 Å². The first-order valence-electron chi connectivity index (χ1n) is 7.44. The predicted octanol–water partition coefficient (Wildman–Crippen LogP) is 4.29. The fraction of sp³-hybridized carbons (Fsp3) is 0.176. The van der Waals surface area contributed by atoms with E-state index in [1.54, 1.807) is 18.2 Å². The van der Waals surface area contributed by atoms with Crippen molar-refractivity contribution >= 4 is 38.4 Å². The van der Waals surface area contributed by atoms with E-state index < -0.39 is 0 Å². The number of hydrogen-bond acceptors (Lipinski definition) is 5. The maximum absolute atomic E-state index is 12.2. The van der Waals surface area contributed by atoms with Crippen LogP contribution in [-0.2, 0) is 0 Å². The molecule has 7 heteroatoms. The number of benzene rings is 2. The maximum Gasteiger partial charge on any atom is 0.325 e. The first kappa shape index (κ1) is 14.8. The van der Waals surface area contributed by atoms with Crippen LogP contribution in [0.2, 0.25) is 0 Å². The Labute approximate surface area is 142 Å². The normalized spacial score (nSPS) is 12.4. The van der Waals surface area contributed by atoms with Gasteiger partial charge in [0.2, 0.25) is 6.79 Å². The van der Waals surface area contributed by atoms with Crippen LogP contribution in [0.1, 0.15) is 11.1 Å². The monoisotopic (exact) mass is 341 g/mol. The molecule has 0 saturated carbocycles. The lowest BCUT2D eigenvalue weighted by Crippen LogP contribution is -2.19. The van der Waals surface area contributed by atoms with E-state index in [9.17, 15) is 4.79 Å². The zero-order chi connectivity index (χ0) is 16.7. The van der Waals surface area contributed by atoms with Crippen molar-refractivity contribution in [1.82, 2.24) is 4.98 Å². The summed E-state index contributed by atoms with van der Waals surface area (Å²) >= 11 is 1.46. The molecule has 0 aliphatic carbocycles. The SMILES string of the molecule is Cc1cc(C)c2sc(NC(=O)Nc3ccc4c(c3)OCO4)nc2c1. The quantitative estimate of drug-likeness (QED) is 0.729. The molecular weight excluding hydrogens is 326 g/mol. The number of carbonyl (C=O) groups excluding carboxylic acids is 1. The maximum atomic E-state index is 12.2. The molecule has 2 N–H and O–H groups in total. The highest BCUT2D eigenvalue weighted by molar-refractivity contribution is 7.22. The fourth-order valence-corrected chi connectivity index (χ4v) is 3.57. The average molecular weight is 341 g/mol. The van der Waals surface area contributed by atoms with Crippen LogP contribution in [0.5, 0.6) is 11.5 Å². The third-order valence-electron chi connectivity index (χ3n) is 3.67. The van der Waals surface area contributed by atoms with Gasteiger partial charge in [-0.25, -0.2) is 9.78 Å². The van der Waals surface area contributed by atoms with Gasteiger partial charge in [0, 0.05) is 11.8 Å². The third kappa shape index (κ3) is 2.74. The van der Waals surface area contributed by atoms with Crippen molar-refractivity contribution in [3.63, 3.8) is 0 Å². The number of aromatic nitrogens is 1. The third-order valence-corrected chi connectivity index (χ3v) is 4.79. The number of carbonyl (C=O) groups is 1. The number of rotatable bonds is 2. The second-order valence-electron chi connectivity index (χ2n) is 5.60. The molecule has 1 aromatic heterocycles. The van der Waals surface area contributed by atoms with Gasteiger partial charge in [0.15, 0.2) is 16.6 Å². The Balaban J connectivity index is 1.51. The minimum atomic E-state index is -0.345. The summed E-state index contributed by atoms with van der Waals surface area (Å²) in [6.45, 7) is 4.28. The minimum Gasteiger partial charge on any atom is -0.454 e. The molecule has 6 nitrogen and oxygen atoms in total. The van der Waals surface area contributed by atoms with Gasteiger partial charge in [-0.05, 0) is 43.2 Å². The summed E-state index contributed by atoms with van der Waals surface area (Å²) in [5.41, 5.74) is 3.84. The lowest BCUT2D eigenvalue weighted by Gasteiger charge is -2.06. The summed E-state index contributed by atoms with van der Waals surface area (Å²) in [5, 5.41) is 6.12. The molecule has 1 aliphatic rings. The highest BCUT2D eigenvalue weighted by atomic mass is 32.1. The highest BCUT2D eigenvalue weighted by Gasteiger charge is 2.15. The van der Waals surface area contributed by atoms with Crippen LogP contribution in [0.25, 0.3) is 10.2 Å². The number of fused-ring (bicyclic) bond motifs is 2. The number of nitrogens with one attached hydrogen (secondary N) is 2. The molecule has 4 rings (SSSR count). The van der Waals surface area contributed by atoms with Crippen LogP contribution in [0, 0.1) is 13.8 Å². The number of nitrogens with zero attached hydrogens (tertiary/aromatic N) is 1. The molecule has 0 unspecified atom stereocenters. The summed E-state index contributed by atoms with van der Waals surface area (Å²) in [4.78, 5) is 16.7. The van der Waals surface area contributed by atoms with Gasteiger partial charge in [0.05, 0.1) is 10.2 Å². The zero-order valence-electron chi connectivity index (χ0n) is 13.2. The summed E-state index contributed by atoms with van der Waals surface area (Å²) < 4.78 is 11.6. The van der Waals surface area contributed by atoms with E-state index in [2.05, 4.69) is 21.7 Å². The number of anilines is 2. The van der Waals surface area contributed by atoms with Gasteiger partial charge in [-0.2, -0.15) is 0 Å². The number of urea groups is 1. The van der Waals surface area contributed by atoms with Gasteiger partial charge in [0.1, 0.15) is 0 Å². The van der Waals surface area contributed by atoms with Crippen LogP contribution in [0.3, 0.4) is 0 Å². The Bertz CT molecular complexity index is 952. The Kier molecular flexibility index (Phi) is 3.50. The summed E-state index contributed by atoms with van der Waals surface area (Å²) in [5.74, 6) is 1.30. The number of aryl methyl sites for hydroxylation is 2. The minimum absolute atomic E-state index is 0.204. The lowest BCUT2D eigenvalue weighted by atomic mass is 10.1. The van der Waals surface area contributed by atoms with Crippen molar-refractivity contribution in [1.29, 1.82) is 0 Å². The van der Waals surface area contributed by atoms with Crippen LogP contribution in [0.15, 0.2) is 30.3 Å². The fourth-order valence-electron chi connectivity index (χ4n) is 2.66. The van der Waals surface area contributed by atoms with Crippen molar-refractivity contribution in [2.75, 3.05) is 17.4 Å². The van der Waals surface area contributed by atoms with E-state index in [0.717, 1.165) is 21.3 Å². The lowest BCUT2D eigenvalue weighted by molar-refractivity contribution is 0.174. The topological polar surface area (TPSA) is 72.5 Å². The van der Waals surface area contributed by atoms with E-state index in [1.807, 2.05) is 19.9 Å². The molecule has 0 atom stereocenters. The van der Waals surface area contributed by atoms with E-state index >= 15 is 0 Å². The van der Waals surface area contributed by atoms with Crippen LogP contribution < -0.4 is 20.1 Å². The molecule has 0 radical (unpaired) electrons. The first-order valence-corrected chi connectivity index (χ1v) is 8.25. The largest absolute Gasteiger partial charge is 0.454 e. The number of thiazole rings is 1. The molecule has 122 valence electrons. The summed E-state index contributed by atoms with van der Waals surface area (Å²) in [6.07, 6.45) is 0. The van der Waals surface area contributed by atoms with E-state index in [-0.39, 0.29) is 12.8 Å². The highest BCUT2D eigenvalue weighted by Crippen LogP contribution is 2.34. The number of ether oxygens (including phenoxy) is 2. The molecule has 0 fully saturated rings. The Morgan fingerprint density at radius 2 is 1.96 bits per heavy atom. The van der Waals surface area contributed by atoms with Crippen LogP contribution in [0.4, 0.5) is 15.6 Å². The Morgan fingerprint density at radius 1 is 1.12 bits per heavy atom. The molecule has 2 heterocycles. The standard InChI is InChI=1S/C17H15N3O3S/c1-9-5-10(2)15-12(6-9)19-17(24-15)20-16(21)18-11-3-4-13-14(7-11)23-8-22-13/h3-7H,8H2,1-2H3,(H2,18,19,20,21). The average Bonchev–Trinajstić information content (AvgIpc) is 3.12. The van der Waals surface area contributed by atoms with Crippen molar-refractivity contribution in [3.05, 3.63) is 41.5 Å². The molecule has 2 aromatic carbocycles. The molecule has 0 saturated heterocycles. The van der Waals surface area contributed by atoms with E-state index in [0.29, 0.717) is 22.3 Å². The van der Waals surface area contributed by atoms with Gasteiger partial charge < -0.3 is 14.8 Å². The van der Waals surface area contributed by atoms with Gasteiger partial charge in [-0.3, -0.25) is 5.32 Å². The first-order chi connectivity index (χ1) is 11.6. The van der Waals surface area contributed by atoms with Gasteiger partial charge in [0.25, 0.3) is 0 Å². The van der Waals surface area contributed by atoms with Crippen molar-refractivity contribution in [2.45, 2.75) is 13.8 Å². The number of hydrogen-bond donors (Lipinski definition) is 2. The zero-order valence-corrected chi connectivity index (χ0v) is 14.0. The second-order valence-corrected chi connectivity index (χ2v) is 6.60. The molecule has 1 aliphatic heterocycles. The smallest absolute Gasteiger partial charge is 0.325 e. The summed E-state index contributed by atoms with van der Waals surface area (Å²) in [7, 11) is 0. The van der Waals surface area contributed by atoms with Crippen molar-refractivity contribution < 1.29 is 14.3 Å². The Hall–Kier alpha value is -2.80. The van der Waals surface area contributed by atoms with Crippen LogP contribution >= 0.6 is 11.3 Å². The second kappa shape index (κ2) is 5.68. The van der Waals surface area contributed by atoms with E-state index in [1.165, 1.54) is 11.3 Å². The molecule has 24 heavy (non-hydrogen) atoms. The molecule has 2 amide bonds. The number of amides is 2. The Morgan fingerprint density at radius 3 is 2.83 bits per heavy atom. The van der Waals surface area contributed by atoms with Gasteiger partial charge >= 0.3 is 6.03 Å². The summed E-state index contributed by atoms with van der Waals surface area (Å²) in [6, 6.07) is 9.04. The van der Waals surface area contributed by atoms with Crippen molar-refractivity contribution in [2.24, 2.45) is 0 Å². The van der Waals surface area contributed by atoms with Crippen LogP contribution in [-0.4, -0.2) is 17.8 Å². The van der Waals surface area contributed by atoms with Gasteiger partial charge in [-0.15, -0.1) is 0 Å². The molecule has 0 spiro atoms. The van der Waals surface area contributed by atoms with Gasteiger partial charge in [-0.1, -0.05) is 17.4 Å². The predicted molar refractivity (Wildman–Crippen MR) is 94.3 cm³/mol.